The number of rotatable bonds is 6. The largest absolute Gasteiger partial charge is 0.469 e. The van der Waals surface area contributed by atoms with Gasteiger partial charge in [-0.05, 0) is 13.8 Å². The van der Waals surface area contributed by atoms with Crippen molar-refractivity contribution in [3.63, 3.8) is 0 Å². The smallest absolute Gasteiger partial charge is 0.306 e. The molecule has 0 fully saturated rings. The number of esters is 1. The van der Waals surface area contributed by atoms with Gasteiger partial charge >= 0.3 is 5.97 Å². The van der Waals surface area contributed by atoms with Gasteiger partial charge in [0.15, 0.2) is 0 Å². The van der Waals surface area contributed by atoms with Gasteiger partial charge in [-0.3, -0.25) is 4.79 Å². The number of thioether (sulfide) groups is 1. The Morgan fingerprint density at radius 3 is 2.00 bits per heavy atom. The van der Waals surface area contributed by atoms with Crippen molar-refractivity contribution in [2.24, 2.45) is 0 Å². The molecule has 27 heavy (non-hydrogen) atoms. The van der Waals surface area contributed by atoms with Crippen LogP contribution in [0.2, 0.25) is 0 Å². The number of hydrogen-bond donors (Lipinski definition) is 0. The van der Waals surface area contributed by atoms with E-state index in [2.05, 4.69) is 53.0 Å². The molecule has 0 saturated heterocycles. The molecule has 0 saturated carbocycles. The number of nitrogens with zero attached hydrogens (tertiary/aromatic N) is 3. The monoisotopic (exact) mass is 379 g/mol. The van der Waals surface area contributed by atoms with Gasteiger partial charge in [0.2, 0.25) is 5.16 Å². The van der Waals surface area contributed by atoms with Crippen molar-refractivity contribution in [3.8, 4) is 22.5 Å². The molecule has 0 amide bonds. The molecule has 0 aliphatic carbocycles. The lowest BCUT2D eigenvalue weighted by atomic mass is 10.0. The van der Waals surface area contributed by atoms with Crippen molar-refractivity contribution in [1.82, 2.24) is 15.2 Å². The number of carbonyl (C=O) groups excluding carboxylic acids is 1. The molecule has 3 aromatic rings. The van der Waals surface area contributed by atoms with Crippen molar-refractivity contribution < 1.29 is 9.53 Å². The average molecular weight is 379 g/mol. The van der Waals surface area contributed by atoms with Crippen LogP contribution in [0.4, 0.5) is 0 Å². The maximum absolute atomic E-state index is 11.3. The Kier molecular flexibility index (Phi) is 6.19. The maximum atomic E-state index is 11.3. The fourth-order valence-electron chi connectivity index (χ4n) is 2.52. The molecule has 0 aliphatic heterocycles. The van der Waals surface area contributed by atoms with Crippen molar-refractivity contribution in [2.45, 2.75) is 25.4 Å². The predicted molar refractivity (Wildman–Crippen MR) is 108 cm³/mol. The van der Waals surface area contributed by atoms with Gasteiger partial charge in [0.1, 0.15) is 11.4 Å². The zero-order valence-corrected chi connectivity index (χ0v) is 16.4. The summed E-state index contributed by atoms with van der Waals surface area (Å²) in [7, 11) is 1.39. The Balaban J connectivity index is 1.96. The highest BCUT2D eigenvalue weighted by molar-refractivity contribution is 7.99. The minimum absolute atomic E-state index is 0.245. The van der Waals surface area contributed by atoms with Crippen LogP contribution >= 0.6 is 11.8 Å². The second-order valence-electron chi connectivity index (χ2n) is 6.20. The third kappa shape index (κ3) is 4.92. The highest BCUT2D eigenvalue weighted by Crippen LogP contribution is 2.30. The van der Waals surface area contributed by atoms with Crippen LogP contribution in [-0.2, 0) is 9.53 Å². The van der Waals surface area contributed by atoms with Crippen molar-refractivity contribution in [2.75, 3.05) is 12.9 Å². The molecule has 2 aromatic carbocycles. The van der Waals surface area contributed by atoms with E-state index in [9.17, 15) is 4.79 Å². The van der Waals surface area contributed by atoms with Gasteiger partial charge in [-0.25, -0.2) is 4.98 Å². The zero-order valence-electron chi connectivity index (χ0n) is 15.6. The lowest BCUT2D eigenvalue weighted by Gasteiger charge is -2.10. The van der Waals surface area contributed by atoms with Crippen molar-refractivity contribution in [3.05, 3.63) is 59.7 Å². The molecule has 138 valence electrons. The second-order valence-corrected chi connectivity index (χ2v) is 7.26. The zero-order chi connectivity index (χ0) is 19.2. The van der Waals surface area contributed by atoms with Gasteiger partial charge in [0.05, 0.1) is 13.5 Å². The van der Waals surface area contributed by atoms with Crippen LogP contribution in [0.1, 0.15) is 17.5 Å². The molecule has 6 heteroatoms. The summed E-state index contributed by atoms with van der Waals surface area (Å²) in [6.07, 6.45) is 0.310. The highest BCUT2D eigenvalue weighted by atomic mass is 32.2. The first kappa shape index (κ1) is 19.0. The minimum Gasteiger partial charge on any atom is -0.469 e. The van der Waals surface area contributed by atoms with Gasteiger partial charge in [-0.1, -0.05) is 71.4 Å². The number of ether oxygens (including phenoxy) is 1. The van der Waals surface area contributed by atoms with Crippen LogP contribution in [0.5, 0.6) is 0 Å². The summed E-state index contributed by atoms with van der Waals surface area (Å²) in [6, 6.07) is 16.4. The molecule has 1 aromatic heterocycles. The fourth-order valence-corrected chi connectivity index (χ4v) is 3.22. The van der Waals surface area contributed by atoms with Gasteiger partial charge < -0.3 is 4.74 Å². The number of methoxy groups -OCH3 is 1. The highest BCUT2D eigenvalue weighted by Gasteiger charge is 2.14. The van der Waals surface area contributed by atoms with Gasteiger partial charge in [0, 0.05) is 16.9 Å². The minimum atomic E-state index is -0.245. The first-order chi connectivity index (χ1) is 13.1. The van der Waals surface area contributed by atoms with E-state index < -0.39 is 0 Å². The Labute approximate surface area is 163 Å². The number of benzene rings is 2. The van der Waals surface area contributed by atoms with Gasteiger partial charge in [-0.15, -0.1) is 10.2 Å². The number of hydrogen-bond acceptors (Lipinski definition) is 6. The van der Waals surface area contributed by atoms with E-state index in [0.29, 0.717) is 17.3 Å². The van der Waals surface area contributed by atoms with Crippen LogP contribution in [0.3, 0.4) is 0 Å². The number of carbonyl (C=O) groups is 1. The molecule has 0 radical (unpaired) electrons. The molecule has 0 N–H and O–H groups in total. The van der Waals surface area contributed by atoms with Crippen LogP contribution < -0.4 is 0 Å². The first-order valence-corrected chi connectivity index (χ1v) is 9.64. The summed E-state index contributed by atoms with van der Waals surface area (Å²) in [6.45, 7) is 4.10. The Morgan fingerprint density at radius 1 is 0.889 bits per heavy atom. The molecule has 3 rings (SSSR count). The maximum Gasteiger partial charge on any atom is 0.306 e. The Bertz CT molecular complexity index is 925. The lowest BCUT2D eigenvalue weighted by Crippen LogP contribution is -2.03. The topological polar surface area (TPSA) is 65.0 Å². The van der Waals surface area contributed by atoms with Crippen LogP contribution in [0, 0.1) is 13.8 Å². The molecule has 0 spiro atoms. The second kappa shape index (κ2) is 8.77. The van der Waals surface area contributed by atoms with E-state index in [1.807, 2.05) is 24.3 Å². The third-order valence-electron chi connectivity index (χ3n) is 4.08. The van der Waals surface area contributed by atoms with E-state index in [4.69, 9.17) is 4.98 Å². The lowest BCUT2D eigenvalue weighted by molar-refractivity contribution is -0.140. The molecular weight excluding hydrogens is 358 g/mol. The first-order valence-electron chi connectivity index (χ1n) is 8.65. The van der Waals surface area contributed by atoms with Crippen LogP contribution in [0.15, 0.2) is 53.7 Å². The summed E-state index contributed by atoms with van der Waals surface area (Å²) in [5.41, 5.74) is 5.87. The summed E-state index contributed by atoms with van der Waals surface area (Å²) in [4.78, 5) is 16.0. The molecule has 5 nitrogen and oxygen atoms in total. The van der Waals surface area contributed by atoms with E-state index in [1.54, 1.807) is 0 Å². The Hall–Kier alpha value is -2.73. The van der Waals surface area contributed by atoms with Crippen molar-refractivity contribution in [1.29, 1.82) is 0 Å². The number of aromatic nitrogens is 3. The SMILES string of the molecule is COC(=O)CCSc1nnc(-c2ccc(C)cc2)c(-c2ccc(C)cc2)n1. The van der Waals surface area contributed by atoms with Crippen molar-refractivity contribution >= 4 is 17.7 Å². The van der Waals surface area contributed by atoms with E-state index in [1.165, 1.54) is 30.0 Å². The summed E-state index contributed by atoms with van der Waals surface area (Å²) >= 11 is 1.40. The standard InChI is InChI=1S/C21H21N3O2S/c1-14-4-8-16(9-5-14)19-20(17-10-6-15(2)7-11-17)23-24-21(22-19)27-13-12-18(25)26-3/h4-11H,12-13H2,1-3H3. The quantitative estimate of drug-likeness (QED) is 0.465. The van der Waals surface area contributed by atoms with Crippen LogP contribution in [-0.4, -0.2) is 34.0 Å². The third-order valence-corrected chi connectivity index (χ3v) is 4.92. The van der Waals surface area contributed by atoms with Gasteiger partial charge in [0.25, 0.3) is 0 Å². The van der Waals surface area contributed by atoms with E-state index in [0.717, 1.165) is 22.5 Å². The normalized spacial score (nSPS) is 10.6. The molecule has 0 atom stereocenters. The molecule has 1 heterocycles. The predicted octanol–water partition coefficient (Wildman–Crippen LogP) is 4.48. The Morgan fingerprint density at radius 2 is 1.44 bits per heavy atom. The van der Waals surface area contributed by atoms with Gasteiger partial charge in [-0.2, -0.15) is 0 Å². The molecule has 0 aliphatic rings. The van der Waals surface area contributed by atoms with Crippen LogP contribution in [0.25, 0.3) is 22.5 Å². The summed E-state index contributed by atoms with van der Waals surface area (Å²) < 4.78 is 4.67. The average Bonchev–Trinajstić information content (AvgIpc) is 2.69. The molecular formula is C21H21N3O2S. The fraction of sp³-hybridized carbons (Fsp3) is 0.238. The van der Waals surface area contributed by atoms with E-state index >= 15 is 0 Å². The molecule has 0 bridgehead atoms. The van der Waals surface area contributed by atoms with E-state index in [-0.39, 0.29) is 5.97 Å². The molecule has 0 unspecified atom stereocenters. The summed E-state index contributed by atoms with van der Waals surface area (Å²) in [5, 5.41) is 9.25. The summed E-state index contributed by atoms with van der Waals surface area (Å²) in [5.74, 6) is 0.302. The number of aryl methyl sites for hydroxylation is 2.